The third-order valence-corrected chi connectivity index (χ3v) is 4.97. The predicted octanol–water partition coefficient (Wildman–Crippen LogP) is 3.09. The minimum atomic E-state index is -0.360. The lowest BCUT2D eigenvalue weighted by Gasteiger charge is -2.05. The minimum Gasteiger partial charge on any atom is -0.497 e. The third-order valence-electron chi connectivity index (χ3n) is 3.99. The van der Waals surface area contributed by atoms with Crippen molar-refractivity contribution in [2.24, 2.45) is 0 Å². The van der Waals surface area contributed by atoms with Crippen LogP contribution in [0.4, 0.5) is 10.1 Å². The van der Waals surface area contributed by atoms with Crippen molar-refractivity contribution in [2.75, 3.05) is 18.2 Å². The van der Waals surface area contributed by atoms with E-state index in [-0.39, 0.29) is 17.5 Å². The number of nitrogens with zero attached hydrogens (tertiary/aromatic N) is 5. The molecule has 1 N–H and O–H groups in total. The molecule has 0 radical (unpaired) electrons. The van der Waals surface area contributed by atoms with Gasteiger partial charge in [-0.2, -0.15) is 4.68 Å². The number of carbonyl (C=O) groups excluding carboxylic acids is 1. The minimum absolute atomic E-state index is 0.110. The molecule has 4 rings (SSSR count). The van der Waals surface area contributed by atoms with Crippen LogP contribution >= 0.6 is 11.8 Å². The summed E-state index contributed by atoms with van der Waals surface area (Å²) in [6.45, 7) is 0. The van der Waals surface area contributed by atoms with Crippen LogP contribution in [0.3, 0.4) is 0 Å². The summed E-state index contributed by atoms with van der Waals surface area (Å²) < 4.78 is 19.7. The van der Waals surface area contributed by atoms with Gasteiger partial charge in [0.05, 0.1) is 18.6 Å². The largest absolute Gasteiger partial charge is 0.497 e. The lowest BCUT2D eigenvalue weighted by atomic mass is 10.3. The topological polar surface area (TPSA) is 94.8 Å². The monoisotopic (exact) mass is 410 g/mol. The lowest BCUT2D eigenvalue weighted by Crippen LogP contribution is -2.14. The number of halogens is 1. The van der Waals surface area contributed by atoms with Crippen LogP contribution in [0.25, 0.3) is 16.9 Å². The smallest absolute Gasteiger partial charge is 0.234 e. The Kier molecular flexibility index (Phi) is 5.34. The number of carbonyl (C=O) groups is 1. The van der Waals surface area contributed by atoms with Crippen LogP contribution in [-0.2, 0) is 4.79 Å². The quantitative estimate of drug-likeness (QED) is 0.385. The number of ether oxygens (including phenoxy) is 1. The number of hydrogen-bond donors (Lipinski definition) is 1. The molecule has 0 spiro atoms. The molecule has 2 heterocycles. The molecule has 10 heteroatoms. The summed E-state index contributed by atoms with van der Waals surface area (Å²) >= 11 is 1.22. The number of rotatable bonds is 6. The molecule has 146 valence electrons. The first-order chi connectivity index (χ1) is 14.1. The number of aromatic nitrogens is 5. The van der Waals surface area contributed by atoms with Gasteiger partial charge in [0.15, 0.2) is 11.2 Å². The van der Waals surface area contributed by atoms with Gasteiger partial charge in [-0.15, -0.1) is 5.10 Å². The highest BCUT2D eigenvalue weighted by atomic mass is 32.2. The summed E-state index contributed by atoms with van der Waals surface area (Å²) in [6, 6.07) is 12.9. The number of benzene rings is 2. The lowest BCUT2D eigenvalue weighted by molar-refractivity contribution is -0.113. The highest BCUT2D eigenvalue weighted by Gasteiger charge is 2.15. The van der Waals surface area contributed by atoms with E-state index >= 15 is 0 Å². The van der Waals surface area contributed by atoms with Gasteiger partial charge in [0.25, 0.3) is 0 Å². The molecule has 0 fully saturated rings. The van der Waals surface area contributed by atoms with Crippen molar-refractivity contribution in [2.45, 2.75) is 5.03 Å². The second-order valence-corrected chi connectivity index (χ2v) is 6.86. The van der Waals surface area contributed by atoms with Crippen molar-refractivity contribution in [3.8, 4) is 11.4 Å². The Morgan fingerprint density at radius 1 is 1.14 bits per heavy atom. The molecule has 4 aromatic rings. The average Bonchev–Trinajstić information content (AvgIpc) is 3.19. The summed E-state index contributed by atoms with van der Waals surface area (Å²) in [7, 11) is 1.60. The number of methoxy groups -OCH3 is 1. The van der Waals surface area contributed by atoms with E-state index in [0.29, 0.717) is 21.9 Å². The fraction of sp³-hybridized carbons (Fsp3) is 0.105. The molecule has 0 bridgehead atoms. The second kappa shape index (κ2) is 8.23. The standard InChI is InChI=1S/C19H15FN6O2S/c1-28-15-8-6-14(7-9-15)26-18-17(24-25-26)19(22-11-21-18)29-10-16(27)23-13-4-2-12(20)3-5-13/h2-9,11H,10H2,1H3,(H,23,27). The van der Waals surface area contributed by atoms with Gasteiger partial charge in [0.1, 0.15) is 22.9 Å². The zero-order valence-corrected chi connectivity index (χ0v) is 16.1. The van der Waals surface area contributed by atoms with Gasteiger partial charge >= 0.3 is 0 Å². The Morgan fingerprint density at radius 2 is 1.90 bits per heavy atom. The Bertz CT molecular complexity index is 1150. The summed E-state index contributed by atoms with van der Waals surface area (Å²) in [5.74, 6) is 0.242. The van der Waals surface area contributed by atoms with Gasteiger partial charge in [-0.25, -0.2) is 14.4 Å². The van der Waals surface area contributed by atoms with E-state index in [9.17, 15) is 9.18 Å². The maximum absolute atomic E-state index is 13.0. The van der Waals surface area contributed by atoms with E-state index in [1.54, 1.807) is 11.8 Å². The van der Waals surface area contributed by atoms with Crippen molar-refractivity contribution in [3.05, 3.63) is 60.7 Å². The van der Waals surface area contributed by atoms with E-state index in [0.717, 1.165) is 11.4 Å². The molecular formula is C19H15FN6O2S. The van der Waals surface area contributed by atoms with Crippen LogP contribution < -0.4 is 10.1 Å². The van der Waals surface area contributed by atoms with Crippen LogP contribution in [0, 0.1) is 5.82 Å². The molecule has 2 aromatic carbocycles. The highest BCUT2D eigenvalue weighted by Crippen LogP contribution is 2.25. The van der Waals surface area contributed by atoms with Crippen molar-refractivity contribution >= 4 is 34.5 Å². The Hall–Kier alpha value is -3.53. The summed E-state index contributed by atoms with van der Waals surface area (Å²) in [4.78, 5) is 20.7. The number of nitrogens with one attached hydrogen (secondary N) is 1. The number of amides is 1. The molecule has 29 heavy (non-hydrogen) atoms. The van der Waals surface area contributed by atoms with Crippen LogP contribution in [0.5, 0.6) is 5.75 Å². The van der Waals surface area contributed by atoms with Crippen LogP contribution in [0.1, 0.15) is 0 Å². The van der Waals surface area contributed by atoms with E-state index in [1.165, 1.54) is 42.4 Å². The maximum atomic E-state index is 13.0. The van der Waals surface area contributed by atoms with E-state index in [4.69, 9.17) is 4.74 Å². The van der Waals surface area contributed by atoms with Crippen LogP contribution in [0.15, 0.2) is 59.9 Å². The first-order valence-corrected chi connectivity index (χ1v) is 9.51. The summed E-state index contributed by atoms with van der Waals surface area (Å²) in [6.07, 6.45) is 1.41. The molecule has 0 saturated heterocycles. The first-order valence-electron chi connectivity index (χ1n) is 8.53. The van der Waals surface area contributed by atoms with E-state index in [2.05, 4.69) is 25.6 Å². The number of hydrogen-bond acceptors (Lipinski definition) is 7. The Morgan fingerprint density at radius 3 is 2.62 bits per heavy atom. The van der Waals surface area contributed by atoms with E-state index < -0.39 is 0 Å². The molecular weight excluding hydrogens is 395 g/mol. The fourth-order valence-electron chi connectivity index (χ4n) is 2.60. The van der Waals surface area contributed by atoms with Crippen LogP contribution in [-0.4, -0.2) is 43.7 Å². The van der Waals surface area contributed by atoms with Crippen molar-refractivity contribution < 1.29 is 13.9 Å². The molecule has 0 saturated carbocycles. The van der Waals surface area contributed by atoms with Crippen LogP contribution in [0.2, 0.25) is 0 Å². The van der Waals surface area contributed by atoms with Crippen molar-refractivity contribution in [1.29, 1.82) is 0 Å². The fourth-order valence-corrected chi connectivity index (χ4v) is 3.33. The molecule has 1 amide bonds. The predicted molar refractivity (Wildman–Crippen MR) is 107 cm³/mol. The number of thioether (sulfide) groups is 1. The van der Waals surface area contributed by atoms with Gasteiger partial charge < -0.3 is 10.1 Å². The maximum Gasteiger partial charge on any atom is 0.234 e. The Balaban J connectivity index is 1.50. The Labute approximate surface area is 169 Å². The summed E-state index contributed by atoms with van der Waals surface area (Å²) in [5, 5.41) is 11.6. The van der Waals surface area contributed by atoms with Gasteiger partial charge in [-0.3, -0.25) is 4.79 Å². The highest BCUT2D eigenvalue weighted by molar-refractivity contribution is 8.00. The van der Waals surface area contributed by atoms with Gasteiger partial charge in [0.2, 0.25) is 5.91 Å². The number of anilines is 1. The zero-order valence-electron chi connectivity index (χ0n) is 15.2. The van der Waals surface area contributed by atoms with Gasteiger partial charge in [-0.05, 0) is 48.5 Å². The molecule has 0 aliphatic heterocycles. The van der Waals surface area contributed by atoms with Gasteiger partial charge in [0, 0.05) is 5.69 Å². The number of fused-ring (bicyclic) bond motifs is 1. The second-order valence-electron chi connectivity index (χ2n) is 5.89. The third kappa shape index (κ3) is 4.16. The normalized spacial score (nSPS) is 10.8. The van der Waals surface area contributed by atoms with Crippen molar-refractivity contribution in [3.63, 3.8) is 0 Å². The molecule has 0 unspecified atom stereocenters. The van der Waals surface area contributed by atoms with Crippen molar-refractivity contribution in [1.82, 2.24) is 25.0 Å². The average molecular weight is 410 g/mol. The zero-order chi connectivity index (χ0) is 20.2. The molecule has 2 aromatic heterocycles. The SMILES string of the molecule is COc1ccc(-n2nnc3c(SCC(=O)Nc4ccc(F)cc4)ncnc32)cc1. The molecule has 0 aliphatic carbocycles. The first kappa shape index (κ1) is 18.8. The van der Waals surface area contributed by atoms with Gasteiger partial charge in [-0.1, -0.05) is 17.0 Å². The molecule has 8 nitrogen and oxygen atoms in total. The van der Waals surface area contributed by atoms with E-state index in [1.807, 2.05) is 24.3 Å². The molecule has 0 atom stereocenters. The summed E-state index contributed by atoms with van der Waals surface area (Å²) in [5.41, 5.74) is 2.33. The molecule has 0 aliphatic rings.